The average molecular weight is 221 g/mol. The molecule has 1 aliphatic carbocycles. The number of hydrogen-bond donors (Lipinski definition) is 1. The van der Waals surface area contributed by atoms with Crippen molar-refractivity contribution < 1.29 is 0 Å². The quantitative estimate of drug-likeness (QED) is 0.680. The van der Waals surface area contributed by atoms with Crippen LogP contribution in [0.15, 0.2) is 17.4 Å². The molecular weight excluding hydrogens is 198 g/mol. The van der Waals surface area contributed by atoms with Crippen molar-refractivity contribution in [1.29, 1.82) is 0 Å². The van der Waals surface area contributed by atoms with Crippen LogP contribution in [0.25, 0.3) is 0 Å². The molecule has 0 bridgehead atoms. The molecule has 3 nitrogen and oxygen atoms in total. The molecule has 0 amide bonds. The molecule has 1 heterocycles. The van der Waals surface area contributed by atoms with Crippen LogP contribution in [0, 0.1) is 5.41 Å². The highest BCUT2D eigenvalue weighted by atomic mass is 15.1. The Labute approximate surface area is 98.6 Å². The summed E-state index contributed by atoms with van der Waals surface area (Å²) >= 11 is 0. The fraction of sp³-hybridized carbons (Fsp3) is 0.769. The van der Waals surface area contributed by atoms with Crippen molar-refractivity contribution in [2.24, 2.45) is 10.4 Å². The van der Waals surface area contributed by atoms with Gasteiger partial charge in [-0.2, -0.15) is 0 Å². The molecule has 0 aromatic carbocycles. The zero-order valence-corrected chi connectivity index (χ0v) is 10.3. The summed E-state index contributed by atoms with van der Waals surface area (Å²) in [5, 5.41) is 3.34. The third kappa shape index (κ3) is 3.00. The van der Waals surface area contributed by atoms with E-state index in [4.69, 9.17) is 0 Å². The van der Waals surface area contributed by atoms with Gasteiger partial charge in [0.05, 0.1) is 6.34 Å². The molecule has 1 aliphatic heterocycles. The largest absolute Gasteiger partial charge is 0.390 e. The van der Waals surface area contributed by atoms with Crippen molar-refractivity contribution in [3.8, 4) is 0 Å². The first-order valence-corrected chi connectivity index (χ1v) is 6.43. The minimum absolute atomic E-state index is 0.604. The second-order valence-corrected chi connectivity index (χ2v) is 5.22. The Kier molecular flexibility index (Phi) is 3.86. The van der Waals surface area contributed by atoms with Crippen LogP contribution in [0.5, 0.6) is 0 Å². The lowest BCUT2D eigenvalue weighted by Gasteiger charge is -2.30. The standard InChI is InChI=1S/C13H23N3/c1-16-11-7-13(4-2-3-5-13)6-8-14-9-10-15-12-16/h9-10,12,14H,2-8,11H2,1H3/b10-9+,15-12-. The van der Waals surface area contributed by atoms with Crippen LogP contribution in [0.3, 0.4) is 0 Å². The third-order valence-corrected chi connectivity index (χ3v) is 4.00. The maximum absolute atomic E-state index is 4.23. The van der Waals surface area contributed by atoms with Crippen molar-refractivity contribution in [3.05, 3.63) is 12.4 Å². The van der Waals surface area contributed by atoms with Crippen molar-refractivity contribution in [2.45, 2.75) is 38.5 Å². The van der Waals surface area contributed by atoms with E-state index in [-0.39, 0.29) is 0 Å². The lowest BCUT2D eigenvalue weighted by molar-refractivity contribution is 0.230. The van der Waals surface area contributed by atoms with Crippen molar-refractivity contribution in [2.75, 3.05) is 20.1 Å². The van der Waals surface area contributed by atoms with E-state index in [1.165, 1.54) is 38.5 Å². The summed E-state index contributed by atoms with van der Waals surface area (Å²) in [7, 11) is 2.12. The Bertz CT molecular complexity index is 264. The molecule has 1 spiro atoms. The second-order valence-electron chi connectivity index (χ2n) is 5.22. The second kappa shape index (κ2) is 5.37. The molecule has 0 unspecified atom stereocenters. The molecule has 16 heavy (non-hydrogen) atoms. The van der Waals surface area contributed by atoms with E-state index in [1.54, 1.807) is 0 Å². The van der Waals surface area contributed by atoms with Gasteiger partial charge in [0.2, 0.25) is 0 Å². The van der Waals surface area contributed by atoms with E-state index in [1.807, 2.05) is 18.7 Å². The summed E-state index contributed by atoms with van der Waals surface area (Å²) < 4.78 is 0. The molecule has 2 aliphatic rings. The van der Waals surface area contributed by atoms with Gasteiger partial charge in [0.1, 0.15) is 0 Å². The SMILES string of the molecule is CN1/C=N\C=C\NCCC2(CCCC2)CC1. The predicted octanol–water partition coefficient (Wildman–Crippen LogP) is 2.36. The highest BCUT2D eigenvalue weighted by Gasteiger charge is 2.32. The maximum atomic E-state index is 4.23. The summed E-state index contributed by atoms with van der Waals surface area (Å²) in [6.45, 7) is 2.23. The zero-order chi connectivity index (χ0) is 11.3. The molecule has 0 aromatic heterocycles. The first kappa shape index (κ1) is 11.5. The van der Waals surface area contributed by atoms with E-state index in [2.05, 4.69) is 22.3 Å². The highest BCUT2D eigenvalue weighted by Crippen LogP contribution is 2.43. The lowest BCUT2D eigenvalue weighted by Crippen LogP contribution is -2.28. The molecule has 0 aromatic rings. The fourth-order valence-electron chi connectivity index (χ4n) is 2.89. The summed E-state index contributed by atoms with van der Waals surface area (Å²) in [6.07, 6.45) is 14.0. The van der Waals surface area contributed by atoms with E-state index in [0.717, 1.165) is 13.1 Å². The molecule has 1 fully saturated rings. The van der Waals surface area contributed by atoms with Crippen LogP contribution >= 0.6 is 0 Å². The van der Waals surface area contributed by atoms with Gasteiger partial charge in [0.15, 0.2) is 0 Å². The topological polar surface area (TPSA) is 27.6 Å². The summed E-state index contributed by atoms with van der Waals surface area (Å²) in [6, 6.07) is 0. The number of nitrogens with one attached hydrogen (secondary N) is 1. The van der Waals surface area contributed by atoms with Gasteiger partial charge >= 0.3 is 0 Å². The van der Waals surface area contributed by atoms with E-state index in [0.29, 0.717) is 5.41 Å². The molecule has 0 radical (unpaired) electrons. The van der Waals surface area contributed by atoms with Crippen molar-refractivity contribution >= 4 is 6.34 Å². The van der Waals surface area contributed by atoms with Gasteiger partial charge in [0, 0.05) is 32.5 Å². The lowest BCUT2D eigenvalue weighted by atomic mass is 9.79. The van der Waals surface area contributed by atoms with Crippen molar-refractivity contribution in [1.82, 2.24) is 10.2 Å². The van der Waals surface area contributed by atoms with Gasteiger partial charge in [-0.15, -0.1) is 0 Å². The molecule has 2 rings (SSSR count). The van der Waals surface area contributed by atoms with Crippen molar-refractivity contribution in [3.63, 3.8) is 0 Å². The Balaban J connectivity index is 1.99. The van der Waals surface area contributed by atoms with Gasteiger partial charge < -0.3 is 10.2 Å². The smallest absolute Gasteiger partial charge is 0.0902 e. The van der Waals surface area contributed by atoms with E-state index < -0.39 is 0 Å². The van der Waals surface area contributed by atoms with Crippen LogP contribution in [0.1, 0.15) is 38.5 Å². The molecule has 3 heteroatoms. The predicted molar refractivity (Wildman–Crippen MR) is 68.4 cm³/mol. The molecule has 1 N–H and O–H groups in total. The average Bonchev–Trinajstić information content (AvgIpc) is 2.72. The van der Waals surface area contributed by atoms with Gasteiger partial charge in [0.25, 0.3) is 0 Å². The summed E-state index contributed by atoms with van der Waals surface area (Å²) in [5.41, 5.74) is 0.604. The minimum atomic E-state index is 0.604. The Morgan fingerprint density at radius 3 is 2.81 bits per heavy atom. The monoisotopic (exact) mass is 221 g/mol. The number of nitrogens with zero attached hydrogens (tertiary/aromatic N) is 2. The van der Waals surface area contributed by atoms with Gasteiger partial charge in [-0.25, -0.2) is 4.99 Å². The third-order valence-electron chi connectivity index (χ3n) is 4.00. The van der Waals surface area contributed by atoms with Crippen LogP contribution in [0.4, 0.5) is 0 Å². The van der Waals surface area contributed by atoms with Crippen LogP contribution in [-0.4, -0.2) is 31.4 Å². The Morgan fingerprint density at radius 1 is 1.19 bits per heavy atom. The molecule has 90 valence electrons. The molecule has 0 saturated heterocycles. The summed E-state index contributed by atoms with van der Waals surface area (Å²) in [4.78, 5) is 6.43. The van der Waals surface area contributed by atoms with E-state index >= 15 is 0 Å². The first-order valence-electron chi connectivity index (χ1n) is 6.43. The number of rotatable bonds is 0. The summed E-state index contributed by atoms with van der Waals surface area (Å²) in [5.74, 6) is 0. The van der Waals surface area contributed by atoms with Crippen LogP contribution in [-0.2, 0) is 0 Å². The van der Waals surface area contributed by atoms with Gasteiger partial charge in [-0.1, -0.05) is 12.8 Å². The fourth-order valence-corrected chi connectivity index (χ4v) is 2.89. The van der Waals surface area contributed by atoms with Gasteiger partial charge in [-0.05, 0) is 31.1 Å². The zero-order valence-electron chi connectivity index (χ0n) is 10.3. The van der Waals surface area contributed by atoms with Gasteiger partial charge in [-0.3, -0.25) is 0 Å². The Hall–Kier alpha value is -0.990. The first-order chi connectivity index (χ1) is 7.81. The van der Waals surface area contributed by atoms with E-state index in [9.17, 15) is 0 Å². The van der Waals surface area contributed by atoms with Crippen LogP contribution < -0.4 is 5.32 Å². The molecular formula is C13H23N3. The molecule has 1 saturated carbocycles. The normalized spacial score (nSPS) is 29.4. The molecule has 0 atom stereocenters. The maximum Gasteiger partial charge on any atom is 0.0902 e. The minimum Gasteiger partial charge on any atom is -0.390 e. The number of hydrogen-bond acceptors (Lipinski definition) is 3. The highest BCUT2D eigenvalue weighted by molar-refractivity contribution is 5.55. The number of aliphatic imine (C=N–C) groups is 1. The van der Waals surface area contributed by atoms with Crippen LogP contribution in [0.2, 0.25) is 0 Å². The Morgan fingerprint density at radius 2 is 2.00 bits per heavy atom.